The van der Waals surface area contributed by atoms with Gasteiger partial charge in [-0.1, -0.05) is 32.9 Å². The number of allylic oxidation sites excluding steroid dienone is 1. The van der Waals surface area contributed by atoms with E-state index in [0.717, 1.165) is 5.56 Å². The number of rotatable bonds is 6. The third-order valence-electron chi connectivity index (χ3n) is 3.13. The summed E-state index contributed by atoms with van der Waals surface area (Å²) in [4.78, 5) is 27.2. The first-order chi connectivity index (χ1) is 9.75. The summed E-state index contributed by atoms with van der Waals surface area (Å²) in [5.41, 5.74) is 1.18. The van der Waals surface area contributed by atoms with Crippen LogP contribution in [0.4, 0.5) is 0 Å². The highest BCUT2D eigenvalue weighted by Crippen LogP contribution is 2.20. The van der Waals surface area contributed by atoms with Crippen molar-refractivity contribution in [2.24, 2.45) is 0 Å². The van der Waals surface area contributed by atoms with Crippen molar-refractivity contribution in [3.63, 3.8) is 0 Å². The summed E-state index contributed by atoms with van der Waals surface area (Å²) < 4.78 is 0. The highest BCUT2D eigenvalue weighted by molar-refractivity contribution is 5.94. The number of hydrogen-bond acceptors (Lipinski definition) is 3. The van der Waals surface area contributed by atoms with E-state index in [4.69, 9.17) is 5.11 Å². The summed E-state index contributed by atoms with van der Waals surface area (Å²) in [5.74, 6) is -1.54. The van der Waals surface area contributed by atoms with Crippen LogP contribution in [0.2, 0.25) is 0 Å². The minimum absolute atomic E-state index is 0.0461. The van der Waals surface area contributed by atoms with Gasteiger partial charge < -0.3 is 10.4 Å². The van der Waals surface area contributed by atoms with Crippen LogP contribution in [-0.4, -0.2) is 28.0 Å². The van der Waals surface area contributed by atoms with E-state index in [1.54, 1.807) is 18.3 Å². The molecule has 0 aliphatic heterocycles. The maximum atomic E-state index is 12.0. The smallest absolute Gasteiger partial charge is 0.326 e. The molecule has 0 aromatic carbocycles. The number of carboxylic acids is 1. The third-order valence-corrected chi connectivity index (χ3v) is 3.13. The molecule has 5 heteroatoms. The predicted molar refractivity (Wildman–Crippen MR) is 81.3 cm³/mol. The summed E-state index contributed by atoms with van der Waals surface area (Å²) >= 11 is 0. The van der Waals surface area contributed by atoms with Crippen LogP contribution in [-0.2, 0) is 10.2 Å². The van der Waals surface area contributed by atoms with Crippen molar-refractivity contribution in [1.82, 2.24) is 10.3 Å². The van der Waals surface area contributed by atoms with Crippen molar-refractivity contribution >= 4 is 11.9 Å². The molecule has 0 saturated heterocycles. The molecule has 0 bridgehead atoms. The van der Waals surface area contributed by atoms with Crippen LogP contribution in [0.15, 0.2) is 31.0 Å². The van der Waals surface area contributed by atoms with Gasteiger partial charge in [0.25, 0.3) is 5.91 Å². The number of aliphatic carboxylic acids is 1. The second-order valence-electron chi connectivity index (χ2n) is 5.91. The minimum atomic E-state index is -1.06. The molecule has 1 rings (SSSR count). The first-order valence-corrected chi connectivity index (χ1v) is 6.87. The van der Waals surface area contributed by atoms with Gasteiger partial charge in [-0.2, -0.15) is 0 Å². The molecule has 0 aliphatic carbocycles. The van der Waals surface area contributed by atoms with E-state index in [1.165, 1.54) is 0 Å². The number of amides is 1. The lowest BCUT2D eigenvalue weighted by molar-refractivity contribution is -0.139. The largest absolute Gasteiger partial charge is 0.480 e. The van der Waals surface area contributed by atoms with Crippen LogP contribution in [0.25, 0.3) is 0 Å². The van der Waals surface area contributed by atoms with Gasteiger partial charge in [-0.15, -0.1) is 6.58 Å². The van der Waals surface area contributed by atoms with Gasteiger partial charge in [0.2, 0.25) is 0 Å². The van der Waals surface area contributed by atoms with Crippen LogP contribution >= 0.6 is 0 Å². The maximum absolute atomic E-state index is 12.0. The Morgan fingerprint density at radius 3 is 2.52 bits per heavy atom. The van der Waals surface area contributed by atoms with Crippen molar-refractivity contribution in [1.29, 1.82) is 0 Å². The number of carboxylic acid groups (broad SMARTS) is 1. The Balaban J connectivity index is 2.78. The molecule has 1 aromatic heterocycles. The summed E-state index contributed by atoms with van der Waals surface area (Å²) in [6, 6.07) is 2.52. The Morgan fingerprint density at radius 1 is 1.43 bits per heavy atom. The molecule has 5 nitrogen and oxygen atoms in total. The van der Waals surface area contributed by atoms with E-state index in [0.29, 0.717) is 12.8 Å². The SMILES string of the molecule is C=CCCC(NC(=O)c1ccc(C(C)(C)C)cn1)C(=O)O. The van der Waals surface area contributed by atoms with E-state index in [9.17, 15) is 9.59 Å². The van der Waals surface area contributed by atoms with Gasteiger partial charge in [-0.3, -0.25) is 9.78 Å². The normalized spacial score (nSPS) is 12.5. The van der Waals surface area contributed by atoms with E-state index in [-0.39, 0.29) is 11.1 Å². The summed E-state index contributed by atoms with van der Waals surface area (Å²) in [6.45, 7) is 9.71. The number of carbonyl (C=O) groups is 2. The van der Waals surface area contributed by atoms with E-state index < -0.39 is 17.9 Å². The number of nitrogens with one attached hydrogen (secondary N) is 1. The Labute approximate surface area is 125 Å². The molecule has 0 radical (unpaired) electrons. The van der Waals surface area contributed by atoms with Crippen LogP contribution in [0, 0.1) is 0 Å². The quantitative estimate of drug-likeness (QED) is 0.789. The predicted octanol–water partition coefficient (Wildman–Crippen LogP) is 2.53. The molecular weight excluding hydrogens is 268 g/mol. The minimum Gasteiger partial charge on any atom is -0.480 e. The first kappa shape index (κ1) is 16.9. The molecular formula is C16H22N2O3. The van der Waals surface area contributed by atoms with Crippen molar-refractivity contribution in [3.8, 4) is 0 Å². The number of aromatic nitrogens is 1. The summed E-state index contributed by atoms with van der Waals surface area (Å²) in [5, 5.41) is 11.6. The average Bonchev–Trinajstić information content (AvgIpc) is 2.42. The lowest BCUT2D eigenvalue weighted by Gasteiger charge is -2.18. The average molecular weight is 290 g/mol. The number of pyridine rings is 1. The van der Waals surface area contributed by atoms with Gasteiger partial charge in [-0.25, -0.2) is 4.79 Å². The first-order valence-electron chi connectivity index (χ1n) is 6.87. The fourth-order valence-electron chi connectivity index (χ4n) is 1.75. The molecule has 0 saturated carbocycles. The van der Waals surface area contributed by atoms with Crippen LogP contribution < -0.4 is 5.32 Å². The molecule has 1 atom stereocenters. The van der Waals surface area contributed by atoms with Gasteiger partial charge in [0.05, 0.1) is 0 Å². The molecule has 0 aliphatic rings. The fraction of sp³-hybridized carbons (Fsp3) is 0.438. The molecule has 1 unspecified atom stereocenters. The molecule has 1 aromatic rings. The standard InChI is InChI=1S/C16H22N2O3/c1-5-6-7-13(15(20)21)18-14(19)12-9-8-11(10-17-12)16(2,3)4/h5,8-10,13H,1,6-7H2,2-4H3,(H,18,19)(H,20,21). The van der Waals surface area contributed by atoms with Crippen molar-refractivity contribution in [2.45, 2.75) is 45.1 Å². The highest BCUT2D eigenvalue weighted by atomic mass is 16.4. The third kappa shape index (κ3) is 5.02. The van der Waals surface area contributed by atoms with Crippen LogP contribution in [0.3, 0.4) is 0 Å². The molecule has 2 N–H and O–H groups in total. The van der Waals surface area contributed by atoms with Gasteiger partial charge in [0.1, 0.15) is 11.7 Å². The second-order valence-corrected chi connectivity index (χ2v) is 5.91. The number of carbonyl (C=O) groups excluding carboxylic acids is 1. The molecule has 0 spiro atoms. The van der Waals surface area contributed by atoms with Gasteiger partial charge >= 0.3 is 5.97 Å². The highest BCUT2D eigenvalue weighted by Gasteiger charge is 2.21. The lowest BCUT2D eigenvalue weighted by atomic mass is 9.88. The molecule has 21 heavy (non-hydrogen) atoms. The Morgan fingerprint density at radius 2 is 2.10 bits per heavy atom. The van der Waals surface area contributed by atoms with Gasteiger partial charge in [-0.05, 0) is 29.9 Å². The molecule has 1 heterocycles. The number of nitrogens with zero attached hydrogens (tertiary/aromatic N) is 1. The van der Waals surface area contributed by atoms with Gasteiger partial charge in [0.15, 0.2) is 0 Å². The topological polar surface area (TPSA) is 79.3 Å². The molecule has 1 amide bonds. The summed E-state index contributed by atoms with van der Waals surface area (Å²) in [7, 11) is 0. The van der Waals surface area contributed by atoms with Crippen molar-refractivity contribution in [2.75, 3.05) is 0 Å². The Hall–Kier alpha value is -2.17. The van der Waals surface area contributed by atoms with E-state index in [2.05, 4.69) is 37.7 Å². The fourth-order valence-corrected chi connectivity index (χ4v) is 1.75. The maximum Gasteiger partial charge on any atom is 0.326 e. The van der Waals surface area contributed by atoms with Crippen LogP contribution in [0.1, 0.15) is 49.7 Å². The second kappa shape index (κ2) is 7.02. The van der Waals surface area contributed by atoms with Crippen molar-refractivity contribution < 1.29 is 14.7 Å². The zero-order valence-corrected chi connectivity index (χ0v) is 12.7. The molecule has 0 fully saturated rings. The zero-order chi connectivity index (χ0) is 16.0. The molecule has 114 valence electrons. The summed E-state index contributed by atoms with van der Waals surface area (Å²) in [6.07, 6.45) is 4.10. The number of hydrogen-bond donors (Lipinski definition) is 2. The zero-order valence-electron chi connectivity index (χ0n) is 12.7. The van der Waals surface area contributed by atoms with Gasteiger partial charge in [0, 0.05) is 6.20 Å². The van der Waals surface area contributed by atoms with E-state index in [1.807, 2.05) is 6.07 Å². The Kier molecular flexibility index (Phi) is 5.64. The lowest BCUT2D eigenvalue weighted by Crippen LogP contribution is -2.41. The van der Waals surface area contributed by atoms with Crippen molar-refractivity contribution in [3.05, 3.63) is 42.2 Å². The van der Waals surface area contributed by atoms with Crippen LogP contribution in [0.5, 0.6) is 0 Å². The Bertz CT molecular complexity index is 515. The monoisotopic (exact) mass is 290 g/mol. The van der Waals surface area contributed by atoms with E-state index >= 15 is 0 Å².